The third-order valence-corrected chi connectivity index (χ3v) is 8.36. The monoisotopic (exact) mass is 466 g/mol. The van der Waals surface area contributed by atoms with Crippen LogP contribution in [0.25, 0.3) is 0 Å². The van der Waals surface area contributed by atoms with Gasteiger partial charge < -0.3 is 10.4 Å². The van der Waals surface area contributed by atoms with Crippen molar-refractivity contribution < 1.29 is 23.5 Å². The van der Waals surface area contributed by atoms with Gasteiger partial charge in [-0.25, -0.2) is 9.37 Å². The number of anilines is 1. The number of pyridine rings is 1. The second-order valence-corrected chi connectivity index (χ2v) is 10.1. The van der Waals surface area contributed by atoms with Crippen molar-refractivity contribution in [3.05, 3.63) is 71.1 Å². The van der Waals surface area contributed by atoms with Crippen molar-refractivity contribution in [2.75, 3.05) is 5.32 Å². The summed E-state index contributed by atoms with van der Waals surface area (Å²) >= 11 is 0. The van der Waals surface area contributed by atoms with Crippen LogP contribution in [0.4, 0.5) is 14.6 Å². The molecule has 3 unspecified atom stereocenters. The smallest absolute Gasteiger partial charge is 0.225 e. The van der Waals surface area contributed by atoms with Crippen LogP contribution in [0.2, 0.25) is 0 Å². The van der Waals surface area contributed by atoms with E-state index in [0.29, 0.717) is 18.4 Å². The zero-order valence-electron chi connectivity index (χ0n) is 19.1. The van der Waals surface area contributed by atoms with Crippen molar-refractivity contribution in [3.63, 3.8) is 0 Å². The molecule has 1 heterocycles. The van der Waals surface area contributed by atoms with E-state index in [1.165, 1.54) is 29.8 Å². The minimum atomic E-state index is -0.675. The molecule has 2 N–H and O–H groups in total. The second-order valence-electron chi connectivity index (χ2n) is 10.1. The number of ketones is 1. The fourth-order valence-electron chi connectivity index (χ4n) is 6.96. The highest BCUT2D eigenvalue weighted by Crippen LogP contribution is 2.63. The maximum atomic E-state index is 13.8. The first-order valence-corrected chi connectivity index (χ1v) is 11.9. The summed E-state index contributed by atoms with van der Waals surface area (Å²) in [7, 11) is 0. The fraction of sp³-hybridized carbons (Fsp3) is 0.444. The molecule has 34 heavy (non-hydrogen) atoms. The highest BCUT2D eigenvalue weighted by molar-refractivity contribution is 6.03. The van der Waals surface area contributed by atoms with Gasteiger partial charge in [0.05, 0.1) is 6.26 Å². The Morgan fingerprint density at radius 3 is 2.85 bits per heavy atom. The predicted molar refractivity (Wildman–Crippen MR) is 123 cm³/mol. The zero-order valence-corrected chi connectivity index (χ0v) is 19.1. The molecule has 0 spiro atoms. The van der Waals surface area contributed by atoms with E-state index in [0.717, 1.165) is 31.1 Å². The fourth-order valence-corrected chi connectivity index (χ4v) is 6.96. The first-order chi connectivity index (χ1) is 16.3. The summed E-state index contributed by atoms with van der Waals surface area (Å²) in [6.45, 7) is 2.00. The number of allylic oxidation sites excluding steroid dienone is 1. The van der Waals surface area contributed by atoms with Gasteiger partial charge in [-0.15, -0.1) is 0 Å². The number of aliphatic hydroxyl groups is 1. The van der Waals surface area contributed by atoms with E-state index in [9.17, 15) is 23.5 Å². The third kappa shape index (κ3) is 3.71. The maximum Gasteiger partial charge on any atom is 0.225 e. The number of amides is 1. The minimum Gasteiger partial charge on any atom is -0.515 e. The first-order valence-electron chi connectivity index (χ1n) is 11.9. The van der Waals surface area contributed by atoms with Crippen molar-refractivity contribution in [2.24, 2.45) is 23.2 Å². The molecule has 7 heteroatoms. The lowest BCUT2D eigenvalue weighted by atomic mass is 9.54. The Morgan fingerprint density at radius 1 is 1.26 bits per heavy atom. The lowest BCUT2D eigenvalue weighted by Crippen LogP contribution is -2.44. The zero-order chi connectivity index (χ0) is 24.0. The summed E-state index contributed by atoms with van der Waals surface area (Å²) in [6.07, 6.45) is 4.61. The van der Waals surface area contributed by atoms with E-state index in [4.69, 9.17) is 0 Å². The van der Waals surface area contributed by atoms with Gasteiger partial charge in [0, 0.05) is 17.4 Å². The van der Waals surface area contributed by atoms with Gasteiger partial charge in [0.2, 0.25) is 11.9 Å². The molecule has 0 aliphatic heterocycles. The van der Waals surface area contributed by atoms with Crippen molar-refractivity contribution in [3.8, 4) is 0 Å². The van der Waals surface area contributed by atoms with E-state index in [-0.39, 0.29) is 53.4 Å². The molecule has 3 aliphatic carbocycles. The molecule has 178 valence electrons. The van der Waals surface area contributed by atoms with Crippen LogP contribution in [0.15, 0.2) is 48.2 Å². The summed E-state index contributed by atoms with van der Waals surface area (Å²) in [5, 5.41) is 12.6. The molecule has 5 rings (SSSR count). The van der Waals surface area contributed by atoms with Gasteiger partial charge in [0.15, 0.2) is 5.78 Å². The topological polar surface area (TPSA) is 79.3 Å². The Morgan fingerprint density at radius 2 is 2.09 bits per heavy atom. The van der Waals surface area contributed by atoms with Crippen LogP contribution in [0.1, 0.15) is 56.1 Å². The van der Waals surface area contributed by atoms with Crippen molar-refractivity contribution in [1.29, 1.82) is 0 Å². The molecule has 0 radical (unpaired) electrons. The molecule has 5 atom stereocenters. The van der Waals surface area contributed by atoms with Crippen LogP contribution in [0, 0.1) is 34.9 Å². The number of aliphatic hydroxyl groups excluding tert-OH is 1. The molecule has 1 aromatic carbocycles. The number of aromatic nitrogens is 1. The van der Waals surface area contributed by atoms with Gasteiger partial charge in [0.1, 0.15) is 11.6 Å². The average molecular weight is 467 g/mol. The average Bonchev–Trinajstić information content (AvgIpc) is 3.03. The molecule has 5 nitrogen and oxygen atoms in total. The van der Waals surface area contributed by atoms with E-state index >= 15 is 0 Å². The van der Waals surface area contributed by atoms with Gasteiger partial charge in [-0.1, -0.05) is 19.1 Å². The van der Waals surface area contributed by atoms with Gasteiger partial charge in [-0.3, -0.25) is 9.59 Å². The van der Waals surface area contributed by atoms with Crippen LogP contribution < -0.4 is 5.32 Å². The normalized spacial score (nSPS) is 31.0. The highest BCUT2D eigenvalue weighted by Gasteiger charge is 2.60. The Bertz CT molecular complexity index is 1180. The van der Waals surface area contributed by atoms with E-state index < -0.39 is 11.4 Å². The number of fused-ring (bicyclic) bond motifs is 5. The summed E-state index contributed by atoms with van der Waals surface area (Å²) < 4.78 is 27.2. The molecular formula is C27H28F2N2O3. The molecule has 1 amide bonds. The van der Waals surface area contributed by atoms with Crippen LogP contribution in [0.3, 0.4) is 0 Å². The van der Waals surface area contributed by atoms with Crippen LogP contribution in [-0.4, -0.2) is 21.8 Å². The quantitative estimate of drug-likeness (QED) is 0.355. The number of rotatable bonds is 4. The number of nitrogens with zero attached hydrogens (tertiary/aromatic N) is 1. The predicted octanol–water partition coefficient (Wildman–Crippen LogP) is 5.48. The number of hydrogen-bond acceptors (Lipinski definition) is 4. The number of Topliss-reactive ketones (excluding diaryl/α,β-unsaturated/α-hetero) is 1. The van der Waals surface area contributed by atoms with Crippen LogP contribution >= 0.6 is 0 Å². The molecule has 2 aromatic rings. The first kappa shape index (κ1) is 22.7. The number of halogens is 2. The molecular weight excluding hydrogens is 438 g/mol. The van der Waals surface area contributed by atoms with Gasteiger partial charge in [0.25, 0.3) is 0 Å². The summed E-state index contributed by atoms with van der Waals surface area (Å²) in [5.74, 6) is -0.892. The van der Waals surface area contributed by atoms with Crippen molar-refractivity contribution >= 4 is 17.5 Å². The molecule has 0 saturated heterocycles. The lowest BCUT2D eigenvalue weighted by Gasteiger charge is -2.49. The second kappa shape index (κ2) is 8.60. The maximum absolute atomic E-state index is 13.8. The minimum absolute atomic E-state index is 0.00422. The Kier molecular flexibility index (Phi) is 5.74. The number of hydrogen-bond donors (Lipinski definition) is 2. The van der Waals surface area contributed by atoms with Gasteiger partial charge in [-0.2, -0.15) is 4.39 Å². The number of carbonyl (C=O) groups excluding carboxylic acids is 2. The van der Waals surface area contributed by atoms with Crippen LogP contribution in [0.5, 0.6) is 0 Å². The Balaban J connectivity index is 1.40. The number of benzene rings is 1. The molecule has 2 fully saturated rings. The van der Waals surface area contributed by atoms with E-state index in [1.807, 2.05) is 13.0 Å². The Hall–Kier alpha value is -3.09. The standard InChI is InChI=1S/C27H28F2N2O3/c1-27-12-11-18-17-8-6-16(28)13-15(17)5-7-19(18)25(27)20(21(14-32)26(27)34)9-10-24(33)31-23-4-2-3-22(29)30-23/h2-4,6,8,13-14,18-20,25,32H,5,7,9-12H2,1H3,(H,30,31,33)/b21-14-/t18?,19?,20-,25?,27+/m1/s1. The van der Waals surface area contributed by atoms with E-state index in [1.54, 1.807) is 6.07 Å². The van der Waals surface area contributed by atoms with Crippen molar-refractivity contribution in [1.82, 2.24) is 4.98 Å². The molecule has 2 saturated carbocycles. The van der Waals surface area contributed by atoms with Crippen molar-refractivity contribution in [2.45, 2.75) is 51.4 Å². The van der Waals surface area contributed by atoms with Gasteiger partial charge in [-0.05, 0) is 91.2 Å². The highest BCUT2D eigenvalue weighted by atomic mass is 19.1. The number of carbonyl (C=O) groups is 2. The summed E-state index contributed by atoms with van der Waals surface area (Å²) in [4.78, 5) is 29.7. The SMILES string of the molecule is C[C@]12CCC3c4ccc(F)cc4CCC3C1[C@H](CCC(=O)Nc1cccc(F)n1)/C(=C/O)C2=O. The molecule has 0 bridgehead atoms. The molecule has 3 aliphatic rings. The van der Waals surface area contributed by atoms with Crippen LogP contribution in [-0.2, 0) is 16.0 Å². The Labute approximate surface area is 197 Å². The van der Waals surface area contributed by atoms with E-state index in [2.05, 4.69) is 10.3 Å². The summed E-state index contributed by atoms with van der Waals surface area (Å²) in [5.41, 5.74) is 2.03. The summed E-state index contributed by atoms with van der Waals surface area (Å²) in [6, 6.07) is 9.22. The van der Waals surface area contributed by atoms with Gasteiger partial charge >= 0.3 is 0 Å². The third-order valence-electron chi connectivity index (χ3n) is 8.36. The number of nitrogens with one attached hydrogen (secondary N) is 1. The lowest BCUT2D eigenvalue weighted by molar-refractivity contribution is -0.127. The largest absolute Gasteiger partial charge is 0.515 e. The molecule has 1 aromatic heterocycles. The number of aryl methyl sites for hydroxylation is 1.